The molecule has 158 valence electrons. The van der Waals surface area contributed by atoms with Crippen LogP contribution in [-0.4, -0.2) is 42.5 Å². The zero-order chi connectivity index (χ0) is 21.9. The van der Waals surface area contributed by atoms with Gasteiger partial charge in [0, 0.05) is 19.8 Å². The SMILES string of the molecule is CCc1c(C(=O)Nc2ccc(C)c(S(=O)(=O)N(C)C)c2)cnn1Cc1ccccc1. The highest BCUT2D eigenvalue weighted by Crippen LogP contribution is 2.23. The number of sulfonamides is 1. The molecule has 8 heteroatoms. The van der Waals surface area contributed by atoms with Crippen LogP contribution in [0.2, 0.25) is 0 Å². The zero-order valence-corrected chi connectivity index (χ0v) is 18.4. The van der Waals surface area contributed by atoms with Crippen molar-refractivity contribution in [2.45, 2.75) is 31.7 Å². The summed E-state index contributed by atoms with van der Waals surface area (Å²) in [6, 6.07) is 14.8. The van der Waals surface area contributed by atoms with E-state index in [4.69, 9.17) is 0 Å². The van der Waals surface area contributed by atoms with E-state index in [2.05, 4.69) is 10.4 Å². The van der Waals surface area contributed by atoms with E-state index in [9.17, 15) is 13.2 Å². The van der Waals surface area contributed by atoms with Crippen molar-refractivity contribution >= 4 is 21.6 Å². The maximum absolute atomic E-state index is 12.9. The number of nitrogens with zero attached hydrogens (tertiary/aromatic N) is 3. The Kier molecular flexibility index (Phi) is 6.38. The lowest BCUT2D eigenvalue weighted by Gasteiger charge is -2.15. The summed E-state index contributed by atoms with van der Waals surface area (Å²) in [5, 5.41) is 7.21. The van der Waals surface area contributed by atoms with Crippen LogP contribution in [0, 0.1) is 6.92 Å². The standard InChI is InChI=1S/C22H26N4O3S/c1-5-20-19(14-23-26(20)15-17-9-7-6-8-10-17)22(27)24-18-12-11-16(2)21(13-18)30(28,29)25(3)4/h6-14H,5,15H2,1-4H3,(H,24,27). The topological polar surface area (TPSA) is 84.3 Å². The van der Waals surface area contributed by atoms with Crippen molar-refractivity contribution < 1.29 is 13.2 Å². The fraction of sp³-hybridized carbons (Fsp3) is 0.273. The monoisotopic (exact) mass is 426 g/mol. The second-order valence-corrected chi connectivity index (χ2v) is 9.34. The van der Waals surface area contributed by atoms with Crippen LogP contribution >= 0.6 is 0 Å². The minimum atomic E-state index is -3.61. The van der Waals surface area contributed by atoms with E-state index in [0.29, 0.717) is 29.8 Å². The summed E-state index contributed by atoms with van der Waals surface area (Å²) < 4.78 is 28.1. The summed E-state index contributed by atoms with van der Waals surface area (Å²) in [4.78, 5) is 13.1. The predicted molar refractivity (Wildman–Crippen MR) is 117 cm³/mol. The Morgan fingerprint density at radius 2 is 1.83 bits per heavy atom. The van der Waals surface area contributed by atoms with E-state index in [1.54, 1.807) is 25.3 Å². The van der Waals surface area contributed by atoms with Crippen LogP contribution in [0.25, 0.3) is 0 Å². The molecule has 0 radical (unpaired) electrons. The quantitative estimate of drug-likeness (QED) is 0.628. The molecule has 2 aromatic carbocycles. The van der Waals surface area contributed by atoms with E-state index >= 15 is 0 Å². The molecule has 0 fully saturated rings. The maximum Gasteiger partial charge on any atom is 0.259 e. The number of amides is 1. The molecule has 3 aromatic rings. The van der Waals surface area contributed by atoms with Gasteiger partial charge in [0.2, 0.25) is 10.0 Å². The van der Waals surface area contributed by atoms with Gasteiger partial charge in [-0.2, -0.15) is 5.10 Å². The summed E-state index contributed by atoms with van der Waals surface area (Å²) in [7, 11) is -0.647. The lowest BCUT2D eigenvalue weighted by Crippen LogP contribution is -2.23. The first-order chi connectivity index (χ1) is 14.2. The third kappa shape index (κ3) is 4.44. The molecule has 1 aromatic heterocycles. The molecule has 1 N–H and O–H groups in total. The summed E-state index contributed by atoms with van der Waals surface area (Å²) in [5.74, 6) is -0.316. The van der Waals surface area contributed by atoms with Crippen LogP contribution in [-0.2, 0) is 23.0 Å². The first-order valence-electron chi connectivity index (χ1n) is 9.67. The van der Waals surface area contributed by atoms with E-state index in [1.165, 1.54) is 20.2 Å². The Bertz CT molecular complexity index is 1150. The molecule has 0 bridgehead atoms. The van der Waals surface area contributed by atoms with Crippen molar-refractivity contribution in [2.75, 3.05) is 19.4 Å². The first-order valence-corrected chi connectivity index (χ1v) is 11.1. The zero-order valence-electron chi connectivity index (χ0n) is 17.6. The fourth-order valence-electron chi connectivity index (χ4n) is 3.22. The van der Waals surface area contributed by atoms with Gasteiger partial charge in [-0.15, -0.1) is 0 Å². The van der Waals surface area contributed by atoms with Crippen LogP contribution in [0.5, 0.6) is 0 Å². The molecule has 0 aliphatic carbocycles. The summed E-state index contributed by atoms with van der Waals surface area (Å²) in [5.41, 5.74) is 3.44. The Hall–Kier alpha value is -2.97. The Labute approximate surface area is 177 Å². The number of nitrogens with one attached hydrogen (secondary N) is 1. The van der Waals surface area contributed by atoms with E-state index in [1.807, 2.05) is 41.9 Å². The highest BCUT2D eigenvalue weighted by Gasteiger charge is 2.21. The molecule has 7 nitrogen and oxygen atoms in total. The van der Waals surface area contributed by atoms with Crippen LogP contribution in [0.4, 0.5) is 5.69 Å². The molecule has 0 aliphatic rings. The number of benzene rings is 2. The van der Waals surface area contributed by atoms with Gasteiger partial charge in [0.05, 0.1) is 28.9 Å². The van der Waals surface area contributed by atoms with Gasteiger partial charge in [0.15, 0.2) is 0 Å². The largest absolute Gasteiger partial charge is 0.322 e. The number of carbonyl (C=O) groups excluding carboxylic acids is 1. The molecule has 0 atom stereocenters. The van der Waals surface area contributed by atoms with Gasteiger partial charge in [0.1, 0.15) is 0 Å². The van der Waals surface area contributed by atoms with Crippen molar-refractivity contribution in [1.29, 1.82) is 0 Å². The average Bonchev–Trinajstić information content (AvgIpc) is 3.12. The summed E-state index contributed by atoms with van der Waals surface area (Å²) in [6.07, 6.45) is 2.20. The predicted octanol–water partition coefficient (Wildman–Crippen LogP) is 3.30. The van der Waals surface area contributed by atoms with Crippen molar-refractivity contribution in [1.82, 2.24) is 14.1 Å². The van der Waals surface area contributed by atoms with Gasteiger partial charge in [-0.3, -0.25) is 9.48 Å². The molecule has 0 saturated heterocycles. The van der Waals surface area contributed by atoms with Crippen LogP contribution in [0.1, 0.15) is 34.1 Å². The summed E-state index contributed by atoms with van der Waals surface area (Å²) in [6.45, 7) is 4.28. The number of aromatic nitrogens is 2. The third-order valence-electron chi connectivity index (χ3n) is 4.91. The van der Waals surface area contributed by atoms with Gasteiger partial charge in [-0.05, 0) is 36.6 Å². The van der Waals surface area contributed by atoms with Crippen molar-refractivity contribution in [3.8, 4) is 0 Å². The van der Waals surface area contributed by atoms with Gasteiger partial charge in [0.25, 0.3) is 5.91 Å². The third-order valence-corrected chi connectivity index (χ3v) is 6.87. The average molecular weight is 427 g/mol. The lowest BCUT2D eigenvalue weighted by atomic mass is 10.1. The Balaban J connectivity index is 1.87. The Morgan fingerprint density at radius 3 is 2.47 bits per heavy atom. The molecule has 0 spiro atoms. The number of anilines is 1. The normalized spacial score (nSPS) is 11.6. The van der Waals surface area contributed by atoms with Crippen molar-refractivity contribution in [3.05, 3.63) is 77.1 Å². The molecule has 1 heterocycles. The minimum absolute atomic E-state index is 0.167. The molecule has 1 amide bonds. The molecular weight excluding hydrogens is 400 g/mol. The van der Waals surface area contributed by atoms with Gasteiger partial charge in [-0.25, -0.2) is 12.7 Å². The highest BCUT2D eigenvalue weighted by atomic mass is 32.2. The number of hydrogen-bond donors (Lipinski definition) is 1. The van der Waals surface area contributed by atoms with Crippen LogP contribution in [0.3, 0.4) is 0 Å². The van der Waals surface area contributed by atoms with Crippen LogP contribution in [0.15, 0.2) is 59.6 Å². The Morgan fingerprint density at radius 1 is 1.13 bits per heavy atom. The minimum Gasteiger partial charge on any atom is -0.322 e. The molecule has 3 rings (SSSR count). The van der Waals surface area contributed by atoms with Gasteiger partial charge in [-0.1, -0.05) is 43.3 Å². The lowest BCUT2D eigenvalue weighted by molar-refractivity contribution is 0.102. The second kappa shape index (κ2) is 8.81. The smallest absolute Gasteiger partial charge is 0.259 e. The fourth-order valence-corrected chi connectivity index (χ4v) is 4.36. The molecular formula is C22H26N4O3S. The van der Waals surface area contributed by atoms with E-state index in [0.717, 1.165) is 15.6 Å². The van der Waals surface area contributed by atoms with E-state index in [-0.39, 0.29) is 10.8 Å². The molecule has 0 saturated carbocycles. The number of carbonyl (C=O) groups is 1. The molecule has 0 aliphatic heterocycles. The van der Waals surface area contributed by atoms with Crippen molar-refractivity contribution in [3.63, 3.8) is 0 Å². The molecule has 0 unspecified atom stereocenters. The van der Waals surface area contributed by atoms with Gasteiger partial charge < -0.3 is 5.32 Å². The van der Waals surface area contributed by atoms with E-state index < -0.39 is 10.0 Å². The highest BCUT2D eigenvalue weighted by molar-refractivity contribution is 7.89. The second-order valence-electron chi connectivity index (χ2n) is 7.22. The number of hydrogen-bond acceptors (Lipinski definition) is 4. The van der Waals surface area contributed by atoms with Gasteiger partial charge >= 0.3 is 0 Å². The molecule has 30 heavy (non-hydrogen) atoms. The first kappa shape index (κ1) is 21.7. The van der Waals surface area contributed by atoms with Crippen molar-refractivity contribution in [2.24, 2.45) is 0 Å². The number of aryl methyl sites for hydroxylation is 1. The van der Waals surface area contributed by atoms with Crippen LogP contribution < -0.4 is 5.32 Å². The summed E-state index contributed by atoms with van der Waals surface area (Å²) >= 11 is 0. The number of rotatable bonds is 7. The maximum atomic E-state index is 12.9.